The molecule has 1 rings (SSSR count). The number of hydrogen-bond donors (Lipinski definition) is 1. The number of nitriles is 2. The first-order valence-corrected chi connectivity index (χ1v) is 3.66. The van der Waals surface area contributed by atoms with Gasteiger partial charge in [-0.1, -0.05) is 0 Å². The lowest BCUT2D eigenvalue weighted by Gasteiger charge is -1.98. The normalized spacial score (nSPS) is 11.8. The zero-order valence-corrected chi connectivity index (χ0v) is 7.31. The molecule has 0 amide bonds. The van der Waals surface area contributed by atoms with Gasteiger partial charge >= 0.3 is 0 Å². The van der Waals surface area contributed by atoms with Crippen LogP contribution in [-0.4, -0.2) is 14.7 Å². The SMILES string of the molecule is CC(O)c1nc(C#N)n(C)c1C#N. The Balaban J connectivity index is 3.41. The highest BCUT2D eigenvalue weighted by Gasteiger charge is 2.17. The minimum Gasteiger partial charge on any atom is -0.387 e. The van der Waals surface area contributed by atoms with E-state index in [0.717, 1.165) is 0 Å². The van der Waals surface area contributed by atoms with Gasteiger partial charge in [-0.2, -0.15) is 10.5 Å². The van der Waals surface area contributed by atoms with Crippen LogP contribution in [-0.2, 0) is 7.05 Å². The van der Waals surface area contributed by atoms with Crippen molar-refractivity contribution >= 4 is 0 Å². The second-order valence-corrected chi connectivity index (χ2v) is 2.63. The van der Waals surface area contributed by atoms with Gasteiger partial charge in [0.1, 0.15) is 23.5 Å². The third-order valence-corrected chi connectivity index (χ3v) is 1.72. The van der Waals surface area contributed by atoms with Crippen LogP contribution in [0.25, 0.3) is 0 Å². The molecule has 0 bridgehead atoms. The molecule has 0 aromatic carbocycles. The van der Waals surface area contributed by atoms with E-state index in [-0.39, 0.29) is 17.2 Å². The smallest absolute Gasteiger partial charge is 0.213 e. The Kier molecular flexibility index (Phi) is 2.32. The number of rotatable bonds is 1. The molecule has 0 saturated heterocycles. The summed E-state index contributed by atoms with van der Waals surface area (Å²) in [4.78, 5) is 3.83. The van der Waals surface area contributed by atoms with Crippen molar-refractivity contribution in [3.05, 3.63) is 17.2 Å². The van der Waals surface area contributed by atoms with Crippen LogP contribution in [0.3, 0.4) is 0 Å². The van der Waals surface area contributed by atoms with Crippen molar-refractivity contribution in [2.45, 2.75) is 13.0 Å². The molecular formula is C8H8N4O. The summed E-state index contributed by atoms with van der Waals surface area (Å²) in [6.45, 7) is 1.50. The van der Waals surface area contributed by atoms with E-state index in [1.807, 2.05) is 12.1 Å². The van der Waals surface area contributed by atoms with Gasteiger partial charge in [-0.25, -0.2) is 4.98 Å². The largest absolute Gasteiger partial charge is 0.387 e. The summed E-state index contributed by atoms with van der Waals surface area (Å²) in [5.41, 5.74) is 0.480. The van der Waals surface area contributed by atoms with E-state index < -0.39 is 6.10 Å². The van der Waals surface area contributed by atoms with Crippen LogP contribution in [0.4, 0.5) is 0 Å². The molecule has 1 N–H and O–H groups in total. The number of nitrogens with zero attached hydrogens (tertiary/aromatic N) is 4. The zero-order valence-electron chi connectivity index (χ0n) is 7.31. The van der Waals surface area contributed by atoms with Crippen LogP contribution in [0.15, 0.2) is 0 Å². The summed E-state index contributed by atoms with van der Waals surface area (Å²) < 4.78 is 1.36. The van der Waals surface area contributed by atoms with Crippen molar-refractivity contribution in [3.63, 3.8) is 0 Å². The fourth-order valence-corrected chi connectivity index (χ4v) is 1.04. The maximum absolute atomic E-state index is 9.23. The molecule has 0 saturated carbocycles. The molecule has 13 heavy (non-hydrogen) atoms. The number of aromatic nitrogens is 2. The molecular weight excluding hydrogens is 168 g/mol. The summed E-state index contributed by atoms with van der Waals surface area (Å²) in [7, 11) is 1.57. The molecule has 0 aliphatic carbocycles. The molecule has 0 aliphatic rings. The van der Waals surface area contributed by atoms with Crippen LogP contribution in [0, 0.1) is 22.7 Å². The molecule has 1 heterocycles. The van der Waals surface area contributed by atoms with E-state index in [4.69, 9.17) is 10.5 Å². The maximum Gasteiger partial charge on any atom is 0.213 e. The van der Waals surface area contributed by atoms with E-state index in [0.29, 0.717) is 0 Å². The average molecular weight is 176 g/mol. The van der Waals surface area contributed by atoms with Gasteiger partial charge in [0.15, 0.2) is 0 Å². The van der Waals surface area contributed by atoms with Crippen LogP contribution in [0.1, 0.15) is 30.2 Å². The van der Waals surface area contributed by atoms with Gasteiger partial charge in [-0.05, 0) is 6.92 Å². The molecule has 0 fully saturated rings. The van der Waals surface area contributed by atoms with Crippen molar-refractivity contribution in [2.24, 2.45) is 7.05 Å². The highest BCUT2D eigenvalue weighted by atomic mass is 16.3. The third kappa shape index (κ3) is 1.37. The molecule has 66 valence electrons. The van der Waals surface area contributed by atoms with Crippen molar-refractivity contribution in [1.29, 1.82) is 10.5 Å². The summed E-state index contributed by atoms with van der Waals surface area (Å²) in [6, 6.07) is 3.72. The minimum absolute atomic E-state index is 0.132. The lowest BCUT2D eigenvalue weighted by atomic mass is 10.2. The fourth-order valence-electron chi connectivity index (χ4n) is 1.04. The molecule has 0 radical (unpaired) electrons. The van der Waals surface area contributed by atoms with E-state index >= 15 is 0 Å². The predicted molar refractivity (Wildman–Crippen MR) is 43.3 cm³/mol. The first kappa shape index (κ1) is 9.24. The van der Waals surface area contributed by atoms with Crippen LogP contribution in [0.2, 0.25) is 0 Å². The predicted octanol–water partition coefficient (Wildman–Crippen LogP) is 0.217. The van der Waals surface area contributed by atoms with Crippen LogP contribution in [0.5, 0.6) is 0 Å². The molecule has 1 aromatic rings. The second-order valence-electron chi connectivity index (χ2n) is 2.63. The Morgan fingerprint density at radius 3 is 2.38 bits per heavy atom. The highest BCUT2D eigenvalue weighted by Crippen LogP contribution is 2.16. The van der Waals surface area contributed by atoms with E-state index in [2.05, 4.69) is 4.98 Å². The van der Waals surface area contributed by atoms with Gasteiger partial charge in [0.05, 0.1) is 6.10 Å². The summed E-state index contributed by atoms with van der Waals surface area (Å²) in [5, 5.41) is 26.6. The topological polar surface area (TPSA) is 85.6 Å². The Labute approximate surface area is 75.5 Å². The van der Waals surface area contributed by atoms with Crippen LogP contribution >= 0.6 is 0 Å². The highest BCUT2D eigenvalue weighted by molar-refractivity contribution is 5.34. The van der Waals surface area contributed by atoms with Crippen molar-refractivity contribution < 1.29 is 5.11 Å². The molecule has 1 atom stereocenters. The third-order valence-electron chi connectivity index (χ3n) is 1.72. The van der Waals surface area contributed by atoms with Gasteiger partial charge in [0.2, 0.25) is 5.82 Å². The molecule has 5 nitrogen and oxygen atoms in total. The number of aliphatic hydroxyl groups is 1. The van der Waals surface area contributed by atoms with Crippen molar-refractivity contribution in [2.75, 3.05) is 0 Å². The van der Waals surface area contributed by atoms with Crippen molar-refractivity contribution in [3.8, 4) is 12.1 Å². The first-order valence-electron chi connectivity index (χ1n) is 3.66. The quantitative estimate of drug-likeness (QED) is 0.663. The van der Waals surface area contributed by atoms with E-state index in [9.17, 15) is 5.11 Å². The second kappa shape index (κ2) is 3.26. The minimum atomic E-state index is -0.831. The Hall–Kier alpha value is -1.85. The monoisotopic (exact) mass is 176 g/mol. The van der Waals surface area contributed by atoms with Crippen LogP contribution < -0.4 is 0 Å². The standard InChI is InChI=1S/C8H8N4O/c1-5(13)8-6(3-9)12(2)7(4-10)11-8/h5,13H,1-2H3. The van der Waals surface area contributed by atoms with E-state index in [1.54, 1.807) is 7.05 Å². The lowest BCUT2D eigenvalue weighted by molar-refractivity contribution is 0.194. The van der Waals surface area contributed by atoms with E-state index in [1.165, 1.54) is 11.5 Å². The number of imidazole rings is 1. The summed E-state index contributed by atoms with van der Waals surface area (Å²) >= 11 is 0. The van der Waals surface area contributed by atoms with Gasteiger partial charge in [-0.15, -0.1) is 0 Å². The number of aliphatic hydroxyl groups excluding tert-OH is 1. The van der Waals surface area contributed by atoms with Crippen molar-refractivity contribution in [1.82, 2.24) is 9.55 Å². The molecule has 0 aliphatic heterocycles. The molecule has 5 heteroatoms. The lowest BCUT2D eigenvalue weighted by Crippen LogP contribution is -1.98. The number of hydrogen-bond acceptors (Lipinski definition) is 4. The molecule has 1 unspecified atom stereocenters. The summed E-state index contributed by atoms with van der Waals surface area (Å²) in [6.07, 6.45) is -0.831. The Morgan fingerprint density at radius 1 is 1.46 bits per heavy atom. The first-order chi connectivity index (χ1) is 6.11. The van der Waals surface area contributed by atoms with Gasteiger partial charge in [0, 0.05) is 7.05 Å². The van der Waals surface area contributed by atoms with Gasteiger partial charge in [-0.3, -0.25) is 0 Å². The molecule has 1 aromatic heterocycles. The maximum atomic E-state index is 9.23. The Bertz CT molecular complexity index is 405. The van der Waals surface area contributed by atoms with Gasteiger partial charge < -0.3 is 9.67 Å². The molecule has 0 spiro atoms. The average Bonchev–Trinajstić information content (AvgIpc) is 2.42. The fraction of sp³-hybridized carbons (Fsp3) is 0.375. The zero-order chi connectivity index (χ0) is 10.0. The Morgan fingerprint density at radius 2 is 2.08 bits per heavy atom. The summed E-state index contributed by atoms with van der Waals surface area (Å²) in [5.74, 6) is 0.132. The van der Waals surface area contributed by atoms with Gasteiger partial charge in [0.25, 0.3) is 0 Å².